The zero-order valence-electron chi connectivity index (χ0n) is 8.54. The zero-order chi connectivity index (χ0) is 11.8. The topological polar surface area (TPSA) is 80.5 Å². The molecular weight excluding hydrogens is 228 g/mol. The van der Waals surface area contributed by atoms with Crippen LogP contribution in [0.2, 0.25) is 0 Å². The Morgan fingerprint density at radius 2 is 1.88 bits per heavy atom. The van der Waals surface area contributed by atoms with Crippen molar-refractivity contribution in [1.82, 2.24) is 0 Å². The van der Waals surface area contributed by atoms with Crippen molar-refractivity contribution in [3.63, 3.8) is 0 Å². The summed E-state index contributed by atoms with van der Waals surface area (Å²) in [5.74, 6) is -0.203. The number of primary sulfonamides is 1. The van der Waals surface area contributed by atoms with E-state index in [2.05, 4.69) is 0 Å². The summed E-state index contributed by atoms with van der Waals surface area (Å²) in [6, 6.07) is 8.97. The smallest absolute Gasteiger partial charge is 0.228 e. The molecule has 1 fully saturated rings. The molecule has 1 saturated heterocycles. The average molecular weight is 240 g/mol. The zero-order valence-corrected chi connectivity index (χ0v) is 9.35. The van der Waals surface area contributed by atoms with Gasteiger partial charge in [-0.1, -0.05) is 18.2 Å². The van der Waals surface area contributed by atoms with Crippen molar-refractivity contribution in [2.24, 2.45) is 5.14 Å². The summed E-state index contributed by atoms with van der Waals surface area (Å²) in [6.07, 6.45) is -0.0340. The number of sulfonamides is 1. The maximum absolute atomic E-state index is 11.6. The first-order valence-corrected chi connectivity index (χ1v) is 6.46. The molecule has 16 heavy (non-hydrogen) atoms. The number of para-hydroxylation sites is 1. The van der Waals surface area contributed by atoms with E-state index in [0.717, 1.165) is 0 Å². The van der Waals surface area contributed by atoms with E-state index in [1.807, 2.05) is 6.07 Å². The fourth-order valence-electron chi connectivity index (χ4n) is 1.75. The Morgan fingerprint density at radius 1 is 1.25 bits per heavy atom. The van der Waals surface area contributed by atoms with Crippen LogP contribution in [0.15, 0.2) is 30.3 Å². The van der Waals surface area contributed by atoms with Gasteiger partial charge in [0.25, 0.3) is 0 Å². The van der Waals surface area contributed by atoms with E-state index in [1.54, 1.807) is 24.3 Å². The van der Waals surface area contributed by atoms with Gasteiger partial charge in [-0.2, -0.15) is 0 Å². The van der Waals surface area contributed by atoms with Gasteiger partial charge < -0.3 is 4.90 Å². The third-order valence-electron chi connectivity index (χ3n) is 2.62. The molecule has 1 aliphatic rings. The molecule has 6 heteroatoms. The van der Waals surface area contributed by atoms with Gasteiger partial charge in [0.15, 0.2) is 0 Å². The molecule has 0 bridgehead atoms. The molecule has 1 amide bonds. The quantitative estimate of drug-likeness (QED) is 0.795. The van der Waals surface area contributed by atoms with E-state index in [-0.39, 0.29) is 18.9 Å². The van der Waals surface area contributed by atoms with Gasteiger partial charge in [-0.05, 0) is 12.1 Å². The van der Waals surface area contributed by atoms with Crippen LogP contribution < -0.4 is 10.0 Å². The van der Waals surface area contributed by atoms with Gasteiger partial charge in [-0.25, -0.2) is 13.6 Å². The molecule has 1 heterocycles. The van der Waals surface area contributed by atoms with Crippen molar-refractivity contribution in [1.29, 1.82) is 0 Å². The van der Waals surface area contributed by atoms with Crippen LogP contribution in [0.5, 0.6) is 0 Å². The molecule has 5 nitrogen and oxygen atoms in total. The van der Waals surface area contributed by atoms with E-state index >= 15 is 0 Å². The number of hydrogen-bond donors (Lipinski definition) is 1. The van der Waals surface area contributed by atoms with Crippen molar-refractivity contribution in [2.75, 3.05) is 11.4 Å². The lowest BCUT2D eigenvalue weighted by atomic mass is 10.3. The largest absolute Gasteiger partial charge is 0.311 e. The summed E-state index contributed by atoms with van der Waals surface area (Å²) in [4.78, 5) is 13.1. The number of nitrogens with zero attached hydrogens (tertiary/aromatic N) is 1. The highest BCUT2D eigenvalue weighted by Gasteiger charge is 2.36. The van der Waals surface area contributed by atoms with Crippen LogP contribution in [-0.4, -0.2) is 26.1 Å². The predicted molar refractivity (Wildman–Crippen MR) is 60.3 cm³/mol. The fourth-order valence-corrected chi connectivity index (χ4v) is 2.48. The summed E-state index contributed by atoms with van der Waals surface area (Å²) < 4.78 is 22.3. The lowest BCUT2D eigenvalue weighted by Crippen LogP contribution is -2.32. The number of benzene rings is 1. The van der Waals surface area contributed by atoms with Gasteiger partial charge in [-0.3, -0.25) is 4.79 Å². The molecule has 1 aromatic carbocycles. The molecular formula is C10H12N2O3S. The van der Waals surface area contributed by atoms with Crippen molar-refractivity contribution >= 4 is 21.6 Å². The Morgan fingerprint density at radius 3 is 2.38 bits per heavy atom. The molecule has 0 radical (unpaired) electrons. The Kier molecular flexibility index (Phi) is 2.69. The number of carbonyl (C=O) groups excluding carboxylic acids is 1. The van der Waals surface area contributed by atoms with E-state index < -0.39 is 15.3 Å². The first-order valence-electron chi connectivity index (χ1n) is 4.85. The number of amides is 1. The average Bonchev–Trinajstić information content (AvgIpc) is 2.61. The van der Waals surface area contributed by atoms with E-state index in [0.29, 0.717) is 5.69 Å². The third kappa shape index (κ3) is 2.07. The minimum Gasteiger partial charge on any atom is -0.311 e. The number of nitrogens with two attached hydrogens (primary N) is 1. The van der Waals surface area contributed by atoms with Crippen LogP contribution in [-0.2, 0) is 14.8 Å². The van der Waals surface area contributed by atoms with Crippen LogP contribution in [0.4, 0.5) is 5.69 Å². The lowest BCUT2D eigenvalue weighted by Gasteiger charge is -2.15. The summed E-state index contributed by atoms with van der Waals surface area (Å²) in [5.41, 5.74) is 0.707. The minimum absolute atomic E-state index is 0.0340. The molecule has 1 aliphatic heterocycles. The number of carbonyl (C=O) groups is 1. The number of hydrogen-bond acceptors (Lipinski definition) is 3. The first-order chi connectivity index (χ1) is 7.48. The SMILES string of the molecule is NS(=O)(=O)C1CC(=O)N(c2ccccc2)C1. The Hall–Kier alpha value is -1.40. The van der Waals surface area contributed by atoms with Crippen molar-refractivity contribution in [2.45, 2.75) is 11.7 Å². The van der Waals surface area contributed by atoms with Crippen molar-refractivity contribution < 1.29 is 13.2 Å². The second-order valence-electron chi connectivity index (χ2n) is 3.76. The van der Waals surface area contributed by atoms with E-state index in [9.17, 15) is 13.2 Å². The van der Waals surface area contributed by atoms with Crippen LogP contribution in [0.25, 0.3) is 0 Å². The van der Waals surface area contributed by atoms with Gasteiger partial charge in [0.05, 0.1) is 0 Å². The van der Waals surface area contributed by atoms with Gasteiger partial charge >= 0.3 is 0 Å². The normalized spacial score (nSPS) is 21.4. The van der Waals surface area contributed by atoms with Gasteiger partial charge in [0.2, 0.25) is 15.9 Å². The molecule has 2 N–H and O–H groups in total. The fraction of sp³-hybridized carbons (Fsp3) is 0.300. The molecule has 0 saturated carbocycles. The van der Waals surface area contributed by atoms with Gasteiger partial charge in [0.1, 0.15) is 5.25 Å². The molecule has 1 aromatic rings. The molecule has 1 atom stereocenters. The van der Waals surface area contributed by atoms with Crippen LogP contribution >= 0.6 is 0 Å². The summed E-state index contributed by atoms with van der Waals surface area (Å²) in [6.45, 7) is 0.141. The Balaban J connectivity index is 2.25. The summed E-state index contributed by atoms with van der Waals surface area (Å²) in [7, 11) is -3.64. The highest BCUT2D eigenvalue weighted by atomic mass is 32.2. The highest BCUT2D eigenvalue weighted by Crippen LogP contribution is 2.23. The predicted octanol–water partition coefficient (Wildman–Crippen LogP) is 0.0804. The van der Waals surface area contributed by atoms with Gasteiger partial charge in [-0.15, -0.1) is 0 Å². The minimum atomic E-state index is -3.64. The highest BCUT2D eigenvalue weighted by molar-refractivity contribution is 7.89. The number of anilines is 1. The lowest BCUT2D eigenvalue weighted by molar-refractivity contribution is -0.117. The van der Waals surface area contributed by atoms with E-state index in [4.69, 9.17) is 5.14 Å². The Labute approximate surface area is 93.9 Å². The van der Waals surface area contributed by atoms with E-state index in [1.165, 1.54) is 4.90 Å². The molecule has 0 aromatic heterocycles. The van der Waals surface area contributed by atoms with Crippen LogP contribution in [0.3, 0.4) is 0 Å². The second-order valence-corrected chi connectivity index (χ2v) is 5.60. The van der Waals surface area contributed by atoms with Crippen LogP contribution in [0.1, 0.15) is 6.42 Å². The number of rotatable bonds is 2. The molecule has 0 aliphatic carbocycles. The maximum Gasteiger partial charge on any atom is 0.228 e. The second kappa shape index (κ2) is 3.88. The van der Waals surface area contributed by atoms with Crippen molar-refractivity contribution in [3.05, 3.63) is 30.3 Å². The molecule has 0 spiro atoms. The molecule has 1 unspecified atom stereocenters. The summed E-state index contributed by atoms with van der Waals surface area (Å²) in [5, 5.41) is 4.25. The molecule has 2 rings (SSSR count). The third-order valence-corrected chi connectivity index (χ3v) is 3.87. The van der Waals surface area contributed by atoms with Gasteiger partial charge in [0, 0.05) is 18.7 Å². The standard InChI is InChI=1S/C10H12N2O3S/c11-16(14,15)9-6-10(13)12(7-9)8-4-2-1-3-5-8/h1-5,9H,6-7H2,(H2,11,14,15). The maximum atomic E-state index is 11.6. The van der Waals surface area contributed by atoms with Crippen LogP contribution in [0, 0.1) is 0 Å². The summed E-state index contributed by atoms with van der Waals surface area (Å²) >= 11 is 0. The monoisotopic (exact) mass is 240 g/mol. The Bertz CT molecular complexity index is 498. The first kappa shape index (κ1) is 11.1. The van der Waals surface area contributed by atoms with Crippen molar-refractivity contribution in [3.8, 4) is 0 Å². The molecule has 86 valence electrons.